The van der Waals surface area contributed by atoms with Crippen LogP contribution in [0.4, 0.5) is 0 Å². The lowest BCUT2D eigenvalue weighted by Gasteiger charge is -2.06. The maximum absolute atomic E-state index is 9.25. The van der Waals surface area contributed by atoms with Crippen LogP contribution in [0, 0.1) is 0 Å². The number of aromatic hydroxyl groups is 1. The first kappa shape index (κ1) is 10.5. The van der Waals surface area contributed by atoms with Gasteiger partial charge in [-0.15, -0.1) is 0 Å². The van der Waals surface area contributed by atoms with Gasteiger partial charge in [-0.25, -0.2) is 4.68 Å². The average molecular weight is 238 g/mol. The summed E-state index contributed by atoms with van der Waals surface area (Å²) in [7, 11) is 0. The molecule has 5 nitrogen and oxygen atoms in total. The van der Waals surface area contributed by atoms with Crippen molar-refractivity contribution in [2.75, 3.05) is 0 Å². The molecule has 0 aliphatic carbocycles. The smallest absolute Gasteiger partial charge is 0.133 e. The minimum Gasteiger partial charge on any atom is -0.506 e. The van der Waals surface area contributed by atoms with Gasteiger partial charge < -0.3 is 5.11 Å². The maximum Gasteiger partial charge on any atom is 0.133 e. The first-order chi connectivity index (χ1) is 8.84. The molecule has 0 radical (unpaired) electrons. The Bertz CT molecular complexity index is 646. The van der Waals surface area contributed by atoms with E-state index in [1.807, 2.05) is 18.2 Å². The highest BCUT2D eigenvalue weighted by Crippen LogP contribution is 2.21. The van der Waals surface area contributed by atoms with Crippen LogP contribution in [0.1, 0.15) is 0 Å². The molecule has 0 saturated heterocycles. The highest BCUT2D eigenvalue weighted by molar-refractivity contribution is 5.57. The van der Waals surface area contributed by atoms with E-state index in [4.69, 9.17) is 0 Å². The molecule has 5 heteroatoms. The molecule has 0 aromatic carbocycles. The van der Waals surface area contributed by atoms with Crippen molar-refractivity contribution >= 4 is 0 Å². The Morgan fingerprint density at radius 1 is 1.00 bits per heavy atom. The summed E-state index contributed by atoms with van der Waals surface area (Å²) in [5.41, 5.74) is 2.46. The molecule has 3 aromatic rings. The molecule has 0 saturated carbocycles. The standard InChI is InChI=1S/C13H10N4O/c18-11-3-4-12(15-9-11)13-5-7-16-17(13)10-2-1-6-14-8-10/h1-9,18H. The van der Waals surface area contributed by atoms with E-state index in [0.29, 0.717) is 0 Å². The van der Waals surface area contributed by atoms with E-state index in [-0.39, 0.29) is 5.75 Å². The van der Waals surface area contributed by atoms with E-state index in [2.05, 4.69) is 15.1 Å². The Labute approximate surface area is 103 Å². The van der Waals surface area contributed by atoms with E-state index >= 15 is 0 Å². The molecule has 0 spiro atoms. The predicted octanol–water partition coefficient (Wildman–Crippen LogP) is 2.03. The van der Waals surface area contributed by atoms with Gasteiger partial charge in [-0.05, 0) is 30.3 Å². The van der Waals surface area contributed by atoms with Crippen LogP contribution in [-0.4, -0.2) is 24.9 Å². The minimum absolute atomic E-state index is 0.145. The van der Waals surface area contributed by atoms with E-state index in [9.17, 15) is 5.11 Å². The fourth-order valence-electron chi connectivity index (χ4n) is 1.72. The zero-order chi connectivity index (χ0) is 12.4. The maximum atomic E-state index is 9.25. The molecule has 0 fully saturated rings. The lowest BCUT2D eigenvalue weighted by Crippen LogP contribution is -1.99. The molecule has 0 atom stereocenters. The molecule has 0 aliphatic rings. The predicted molar refractivity (Wildman–Crippen MR) is 66.3 cm³/mol. The van der Waals surface area contributed by atoms with Crippen LogP contribution < -0.4 is 0 Å². The molecule has 0 amide bonds. The normalized spacial score (nSPS) is 10.4. The van der Waals surface area contributed by atoms with Crippen LogP contribution in [0.5, 0.6) is 5.75 Å². The highest BCUT2D eigenvalue weighted by atomic mass is 16.3. The lowest BCUT2D eigenvalue weighted by atomic mass is 10.2. The molecule has 3 heterocycles. The Morgan fingerprint density at radius 2 is 1.94 bits per heavy atom. The van der Waals surface area contributed by atoms with Gasteiger partial charge in [0.05, 0.1) is 35.7 Å². The zero-order valence-electron chi connectivity index (χ0n) is 9.43. The third-order valence-electron chi connectivity index (χ3n) is 2.54. The topological polar surface area (TPSA) is 63.8 Å². The van der Waals surface area contributed by atoms with Crippen LogP contribution in [-0.2, 0) is 0 Å². The second-order valence-corrected chi connectivity index (χ2v) is 3.74. The summed E-state index contributed by atoms with van der Waals surface area (Å²) in [5.74, 6) is 0.145. The van der Waals surface area contributed by atoms with Gasteiger partial charge >= 0.3 is 0 Å². The summed E-state index contributed by atoms with van der Waals surface area (Å²) in [6, 6.07) is 8.99. The second-order valence-electron chi connectivity index (χ2n) is 3.74. The van der Waals surface area contributed by atoms with E-state index in [1.54, 1.807) is 35.4 Å². The van der Waals surface area contributed by atoms with Crippen LogP contribution in [0.3, 0.4) is 0 Å². The van der Waals surface area contributed by atoms with Gasteiger partial charge in [-0.3, -0.25) is 9.97 Å². The summed E-state index contributed by atoms with van der Waals surface area (Å²) in [4.78, 5) is 8.24. The molecular formula is C13H10N4O. The van der Waals surface area contributed by atoms with Crippen molar-refractivity contribution in [1.82, 2.24) is 19.7 Å². The van der Waals surface area contributed by atoms with Crippen molar-refractivity contribution in [2.24, 2.45) is 0 Å². The molecule has 3 rings (SSSR count). The third kappa shape index (κ3) is 1.82. The van der Waals surface area contributed by atoms with Crippen LogP contribution in [0.25, 0.3) is 17.1 Å². The minimum atomic E-state index is 0.145. The summed E-state index contributed by atoms with van der Waals surface area (Å²) >= 11 is 0. The number of nitrogens with zero attached hydrogens (tertiary/aromatic N) is 4. The molecule has 3 aromatic heterocycles. The Morgan fingerprint density at radius 3 is 2.67 bits per heavy atom. The molecular weight excluding hydrogens is 228 g/mol. The Balaban J connectivity index is 2.10. The van der Waals surface area contributed by atoms with Crippen molar-refractivity contribution in [3.63, 3.8) is 0 Å². The van der Waals surface area contributed by atoms with Crippen LogP contribution >= 0.6 is 0 Å². The molecule has 0 aliphatic heterocycles. The van der Waals surface area contributed by atoms with Gasteiger partial charge in [0.1, 0.15) is 5.75 Å². The van der Waals surface area contributed by atoms with Gasteiger partial charge in [0, 0.05) is 6.20 Å². The van der Waals surface area contributed by atoms with Gasteiger partial charge in [0.15, 0.2) is 0 Å². The number of rotatable bonds is 2. The third-order valence-corrected chi connectivity index (χ3v) is 2.54. The first-order valence-electron chi connectivity index (χ1n) is 5.44. The van der Waals surface area contributed by atoms with Crippen LogP contribution in [0.15, 0.2) is 55.1 Å². The molecule has 1 N–H and O–H groups in total. The summed E-state index contributed by atoms with van der Waals surface area (Å²) in [5, 5.41) is 13.5. The molecule has 0 bridgehead atoms. The Hall–Kier alpha value is -2.69. The highest BCUT2D eigenvalue weighted by Gasteiger charge is 2.08. The first-order valence-corrected chi connectivity index (χ1v) is 5.44. The number of aromatic nitrogens is 4. The van der Waals surface area contributed by atoms with Gasteiger partial charge in [-0.2, -0.15) is 5.10 Å². The van der Waals surface area contributed by atoms with Crippen molar-refractivity contribution in [2.45, 2.75) is 0 Å². The van der Waals surface area contributed by atoms with E-state index in [0.717, 1.165) is 17.1 Å². The summed E-state index contributed by atoms with van der Waals surface area (Å²) in [6.07, 6.45) is 6.56. The number of hydrogen-bond acceptors (Lipinski definition) is 4. The van der Waals surface area contributed by atoms with Gasteiger partial charge in [-0.1, -0.05) is 0 Å². The van der Waals surface area contributed by atoms with E-state index < -0.39 is 0 Å². The van der Waals surface area contributed by atoms with Crippen LogP contribution in [0.2, 0.25) is 0 Å². The SMILES string of the molecule is Oc1ccc(-c2ccnn2-c2cccnc2)nc1. The molecule has 88 valence electrons. The Kier molecular flexibility index (Phi) is 2.49. The molecule has 0 unspecified atom stereocenters. The van der Waals surface area contributed by atoms with Gasteiger partial charge in [0.2, 0.25) is 0 Å². The summed E-state index contributed by atoms with van der Waals surface area (Å²) < 4.78 is 1.76. The zero-order valence-corrected chi connectivity index (χ0v) is 9.43. The fourth-order valence-corrected chi connectivity index (χ4v) is 1.72. The van der Waals surface area contributed by atoms with Crippen molar-refractivity contribution in [1.29, 1.82) is 0 Å². The second kappa shape index (κ2) is 4.29. The van der Waals surface area contributed by atoms with Crippen molar-refractivity contribution in [3.8, 4) is 22.8 Å². The number of pyridine rings is 2. The lowest BCUT2D eigenvalue weighted by molar-refractivity contribution is 0.473. The number of hydrogen-bond donors (Lipinski definition) is 1. The quantitative estimate of drug-likeness (QED) is 0.742. The monoisotopic (exact) mass is 238 g/mol. The summed E-state index contributed by atoms with van der Waals surface area (Å²) in [6.45, 7) is 0. The van der Waals surface area contributed by atoms with Crippen molar-refractivity contribution < 1.29 is 5.11 Å². The molecule has 18 heavy (non-hydrogen) atoms. The van der Waals surface area contributed by atoms with Gasteiger partial charge in [0.25, 0.3) is 0 Å². The van der Waals surface area contributed by atoms with E-state index in [1.165, 1.54) is 6.20 Å². The van der Waals surface area contributed by atoms with Crippen molar-refractivity contribution in [3.05, 3.63) is 55.1 Å². The average Bonchev–Trinajstić information content (AvgIpc) is 2.90. The fraction of sp³-hybridized carbons (Fsp3) is 0. The largest absolute Gasteiger partial charge is 0.506 e.